The summed E-state index contributed by atoms with van der Waals surface area (Å²) in [5, 5.41) is 7.76. The Hall–Kier alpha value is -0.370. The molecule has 24 valence electrons. The Morgan fingerprint density at radius 2 is 3.00 bits per heavy atom. The van der Waals surface area contributed by atoms with Crippen molar-refractivity contribution in [2.24, 2.45) is 0 Å². The molecule has 1 atom stereocenters. The van der Waals surface area contributed by atoms with Gasteiger partial charge in [0.25, 0.3) is 0 Å². The summed E-state index contributed by atoms with van der Waals surface area (Å²) in [5.74, 6) is 0. The van der Waals surface area contributed by atoms with Crippen molar-refractivity contribution in [3.8, 4) is 0 Å². The van der Waals surface area contributed by atoms with Crippen LogP contribution in [-0.2, 0) is 4.79 Å². The van der Waals surface area contributed by atoms with E-state index in [1.165, 1.54) is 0 Å². The number of carbonyl (C=O) groups is 1. The van der Waals surface area contributed by atoms with Crippen molar-refractivity contribution < 1.29 is 12.6 Å². The minimum Gasteiger partial charge on any atom is -0.389 e. The second kappa shape index (κ2) is 2.63. The molecule has 1 unspecified atom stereocenters. The van der Waals surface area contributed by atoms with Gasteiger partial charge >= 0.3 is 0 Å². The van der Waals surface area contributed by atoms with E-state index >= 15 is 0 Å². The molecule has 0 heterocycles. The summed E-state index contributed by atoms with van der Waals surface area (Å²) in [4.78, 5) is 9.37. The Labute approximate surface area is 26.9 Å². The van der Waals surface area contributed by atoms with Crippen LogP contribution in [0.2, 0.25) is 0 Å². The normalized spacial score (nSPS) is 21.2. The highest BCUT2D eigenvalue weighted by atomic mass is 16.3. The molecule has 0 bridgehead atoms. The fourth-order valence-electron chi connectivity index (χ4n) is 0. The molecule has 0 aromatic carbocycles. The molecule has 0 aliphatic heterocycles. The Morgan fingerprint density at radius 1 is 2.75 bits per heavy atom. The zero-order valence-electron chi connectivity index (χ0n) is 3.93. The van der Waals surface area contributed by atoms with Gasteiger partial charge in [-0.3, -0.25) is 0 Å². The Balaban J connectivity index is 3.26. The summed E-state index contributed by atoms with van der Waals surface area (Å²) in [6.07, 6.45) is -1.27. The van der Waals surface area contributed by atoms with Gasteiger partial charge < -0.3 is 9.90 Å². The first-order valence-corrected chi connectivity index (χ1v) is 0.751. The third-order valence-corrected chi connectivity index (χ3v) is 0.0527. The molecule has 1 N–H and O–H groups in total. The van der Waals surface area contributed by atoms with Crippen molar-refractivity contribution in [1.82, 2.24) is 0 Å². The highest BCUT2D eigenvalue weighted by Gasteiger charge is 1.53. The minimum atomic E-state index is -1.87. The summed E-state index contributed by atoms with van der Waals surface area (Å²) >= 11 is 0. The number of hydrogen-bond acceptors (Lipinski definition) is 2. The van der Waals surface area contributed by atoms with E-state index in [4.69, 9.17) is 7.85 Å². The molecule has 0 spiro atoms. The van der Waals surface area contributed by atoms with E-state index in [0.29, 0.717) is 0 Å². The number of aliphatic hydroxyl groups is 1. The monoisotopic (exact) mass is 64.0 g/mol. The van der Waals surface area contributed by atoms with Gasteiger partial charge in [-0.15, -0.1) is 0 Å². The molecule has 2 nitrogen and oxygen atoms in total. The van der Waals surface area contributed by atoms with Gasteiger partial charge in [-0.25, -0.2) is 0 Å². The number of rotatable bonds is 1. The van der Waals surface area contributed by atoms with Gasteiger partial charge in [-0.05, 0) is 0 Å². The van der Waals surface area contributed by atoms with Crippen LogP contribution in [0.5, 0.6) is 0 Å². The van der Waals surface area contributed by atoms with Gasteiger partial charge in [0.2, 0.25) is 0 Å². The van der Waals surface area contributed by atoms with E-state index in [0.717, 1.165) is 0 Å². The smallest absolute Gasteiger partial charge is 0.145 e. The molecular formula is C2H4O2. The fourth-order valence-corrected chi connectivity index (χ4v) is 0. The molecule has 4 heavy (non-hydrogen) atoms. The lowest BCUT2D eigenvalue weighted by atomic mass is 10.9. The van der Waals surface area contributed by atoms with Crippen LogP contribution in [0.15, 0.2) is 0 Å². The van der Waals surface area contributed by atoms with Crippen molar-refractivity contribution in [3.63, 3.8) is 0 Å². The Kier molecular flexibility index (Phi) is 0.770. The van der Waals surface area contributed by atoms with Crippen molar-refractivity contribution in [3.05, 3.63) is 0 Å². The van der Waals surface area contributed by atoms with Crippen LogP contribution in [0.4, 0.5) is 0 Å². The Bertz CT molecular complexity index is 60.6. The number of hydrogen-bond donors (Lipinski definition) is 1. The maximum absolute atomic E-state index is 9.37. The number of aldehydes is 1. The zero-order valence-corrected chi connectivity index (χ0v) is 1.93. The molecule has 0 amide bonds. The third-order valence-electron chi connectivity index (χ3n) is 0.0527. The zero-order chi connectivity index (χ0) is 5.15. The Morgan fingerprint density at radius 3 is 3.00 bits per heavy atom. The van der Waals surface area contributed by atoms with E-state index in [-0.39, 0.29) is 0 Å². The quantitative estimate of drug-likeness (QED) is 0.404. The first kappa shape index (κ1) is 1.17. The molecule has 0 aromatic heterocycles. The van der Waals surface area contributed by atoms with E-state index in [1.807, 2.05) is 0 Å². The van der Waals surface area contributed by atoms with Gasteiger partial charge in [0, 0.05) is 0 Å². The second-order valence-corrected chi connectivity index (χ2v) is 0.247. The molecule has 0 rings (SSSR count). The van der Waals surface area contributed by atoms with Crippen molar-refractivity contribution in [2.75, 3.05) is 6.58 Å². The van der Waals surface area contributed by atoms with Gasteiger partial charge in [-0.1, -0.05) is 0 Å². The molecule has 0 aliphatic rings. The predicted octanol–water partition coefficient (Wildman–Crippen LogP) is -0.822. The molecule has 0 fully saturated rings. The minimum absolute atomic E-state index is 1.27. The number of aliphatic hydroxyl groups excluding tert-OH is 1. The fraction of sp³-hybridized carbons (Fsp3) is 0.500. The summed E-state index contributed by atoms with van der Waals surface area (Å²) in [5.41, 5.74) is 0. The van der Waals surface area contributed by atoms with Gasteiger partial charge in [-0.2, -0.15) is 0 Å². The molecule has 0 saturated heterocycles. The van der Waals surface area contributed by atoms with Crippen LogP contribution in [0.1, 0.15) is 2.74 Å². The lowest BCUT2D eigenvalue weighted by Gasteiger charge is -1.54. The van der Waals surface area contributed by atoms with Crippen LogP contribution in [0.3, 0.4) is 0 Å². The molecule has 2 heteroatoms. The van der Waals surface area contributed by atoms with Crippen molar-refractivity contribution in [2.45, 2.75) is 0 Å². The highest BCUT2D eigenvalue weighted by molar-refractivity contribution is 5.49. The highest BCUT2D eigenvalue weighted by Crippen LogP contribution is 1.27. The van der Waals surface area contributed by atoms with Gasteiger partial charge in [0.1, 0.15) is 7.63 Å². The summed E-state index contributed by atoms with van der Waals surface area (Å²) < 4.78 is 12.0. The summed E-state index contributed by atoms with van der Waals surface area (Å²) in [7, 11) is 0. The van der Waals surface area contributed by atoms with Crippen LogP contribution in [-0.4, -0.2) is 18.0 Å². The maximum atomic E-state index is 9.37. The van der Waals surface area contributed by atoms with E-state index in [9.17, 15) is 4.79 Å². The predicted molar refractivity (Wildman–Crippen MR) is 13.1 cm³/mol. The third kappa shape index (κ3) is 1.63. The summed E-state index contributed by atoms with van der Waals surface area (Å²) in [6, 6.07) is 0. The molecule has 0 aromatic rings. The van der Waals surface area contributed by atoms with Crippen molar-refractivity contribution >= 4 is 6.26 Å². The summed E-state index contributed by atoms with van der Waals surface area (Å²) in [6.45, 7) is -1.87. The molecule has 0 radical (unpaired) electrons. The molecule has 0 aliphatic carbocycles. The van der Waals surface area contributed by atoms with Crippen molar-refractivity contribution in [1.29, 1.82) is 0 Å². The molecular weight excluding hydrogens is 56.0 g/mol. The van der Waals surface area contributed by atoms with Gasteiger partial charge in [0.05, 0.1) is 7.95 Å². The first-order chi connectivity index (χ1) is 2.64. The average Bonchev–Trinajstić information content (AvgIpc) is 1.36. The first-order valence-electron chi connectivity index (χ1n) is 1.83. The van der Waals surface area contributed by atoms with E-state index < -0.39 is 12.8 Å². The lowest BCUT2D eigenvalue weighted by Crippen LogP contribution is -1.75. The second-order valence-electron chi connectivity index (χ2n) is 0.247. The van der Waals surface area contributed by atoms with E-state index in [2.05, 4.69) is 0 Å². The van der Waals surface area contributed by atoms with Gasteiger partial charge in [0.15, 0.2) is 0 Å². The average molecular weight is 64.1 g/mol. The SMILES string of the molecule is [3H]C(=O)C([3H])O. The van der Waals surface area contributed by atoms with E-state index in [1.54, 1.807) is 0 Å². The topological polar surface area (TPSA) is 37.3 Å². The largest absolute Gasteiger partial charge is 0.389 e. The van der Waals surface area contributed by atoms with Crippen LogP contribution in [0, 0.1) is 0 Å². The van der Waals surface area contributed by atoms with Crippen LogP contribution < -0.4 is 0 Å². The van der Waals surface area contributed by atoms with Crippen LogP contribution >= 0.6 is 0 Å². The number of carbonyl (C=O) groups excluding carboxylic acids is 1. The maximum Gasteiger partial charge on any atom is 0.145 e. The van der Waals surface area contributed by atoms with Crippen LogP contribution in [0.25, 0.3) is 0 Å². The lowest BCUT2D eigenvalue weighted by molar-refractivity contribution is -0.110. The molecule has 0 saturated carbocycles. The standard InChI is InChI=1S/C2H4O2/c3-1-2-4/h1,4H,2H2/i1T,2T.